The Morgan fingerprint density at radius 2 is 1.89 bits per heavy atom. The molecule has 0 atom stereocenters. The third-order valence-corrected chi connectivity index (χ3v) is 5.98. The lowest BCUT2D eigenvalue weighted by molar-refractivity contribution is -0.136. The normalized spacial score (nSPS) is 21.1. The standard InChI is InChI=1S/C19H31N7O/c1-3-18-22-16(2)17(23-18)12-24-6-4-19(5-7-24)13-25(10-11-27-19)8-9-26-14-20-21-15-26/h14-15H,3-13H2,1-2H3,(H,22,23). The van der Waals surface area contributed by atoms with Crippen LogP contribution in [-0.2, 0) is 24.2 Å². The van der Waals surface area contributed by atoms with Gasteiger partial charge < -0.3 is 14.3 Å². The van der Waals surface area contributed by atoms with E-state index < -0.39 is 0 Å². The van der Waals surface area contributed by atoms with E-state index in [9.17, 15) is 0 Å². The first-order chi connectivity index (χ1) is 13.2. The van der Waals surface area contributed by atoms with Crippen LogP contribution in [0.4, 0.5) is 0 Å². The van der Waals surface area contributed by atoms with Crippen molar-refractivity contribution < 1.29 is 4.74 Å². The number of H-pyrrole nitrogens is 1. The summed E-state index contributed by atoms with van der Waals surface area (Å²) in [5.41, 5.74) is 2.43. The van der Waals surface area contributed by atoms with E-state index in [0.29, 0.717) is 0 Å². The summed E-state index contributed by atoms with van der Waals surface area (Å²) < 4.78 is 8.34. The van der Waals surface area contributed by atoms with Crippen LogP contribution in [0.15, 0.2) is 12.7 Å². The number of hydrogen-bond acceptors (Lipinski definition) is 6. The van der Waals surface area contributed by atoms with Crippen LogP contribution in [0, 0.1) is 6.92 Å². The maximum absolute atomic E-state index is 6.30. The van der Waals surface area contributed by atoms with Gasteiger partial charge >= 0.3 is 0 Å². The van der Waals surface area contributed by atoms with E-state index in [0.717, 1.165) is 77.5 Å². The fourth-order valence-electron chi connectivity index (χ4n) is 4.23. The summed E-state index contributed by atoms with van der Waals surface area (Å²) in [6.07, 6.45) is 6.73. The molecule has 0 aliphatic carbocycles. The second-order valence-corrected chi connectivity index (χ2v) is 7.89. The molecule has 2 aromatic heterocycles. The molecule has 0 unspecified atom stereocenters. The van der Waals surface area contributed by atoms with Gasteiger partial charge in [0.25, 0.3) is 0 Å². The van der Waals surface area contributed by atoms with Gasteiger partial charge in [-0.2, -0.15) is 0 Å². The van der Waals surface area contributed by atoms with Gasteiger partial charge in [0.15, 0.2) is 0 Å². The van der Waals surface area contributed by atoms with Gasteiger partial charge in [0.05, 0.1) is 17.9 Å². The van der Waals surface area contributed by atoms with Crippen LogP contribution in [0.3, 0.4) is 0 Å². The molecule has 0 amide bonds. The number of aromatic amines is 1. The molecular formula is C19H31N7O. The smallest absolute Gasteiger partial charge is 0.119 e. The zero-order valence-electron chi connectivity index (χ0n) is 16.5. The molecule has 2 saturated heterocycles. The second-order valence-electron chi connectivity index (χ2n) is 7.89. The van der Waals surface area contributed by atoms with Crippen molar-refractivity contribution in [3.05, 3.63) is 29.9 Å². The van der Waals surface area contributed by atoms with Crippen LogP contribution in [0.25, 0.3) is 0 Å². The molecule has 27 heavy (non-hydrogen) atoms. The van der Waals surface area contributed by atoms with Crippen LogP contribution in [0.1, 0.15) is 37.0 Å². The van der Waals surface area contributed by atoms with Crippen molar-refractivity contribution in [2.45, 2.75) is 51.8 Å². The third kappa shape index (κ3) is 4.39. The molecule has 1 spiro atoms. The molecule has 2 aromatic rings. The van der Waals surface area contributed by atoms with Gasteiger partial charge in [-0.05, 0) is 19.8 Å². The largest absolute Gasteiger partial charge is 0.372 e. The number of ether oxygens (including phenoxy) is 1. The van der Waals surface area contributed by atoms with E-state index >= 15 is 0 Å². The minimum Gasteiger partial charge on any atom is -0.372 e. The molecule has 8 nitrogen and oxygen atoms in total. The summed E-state index contributed by atoms with van der Waals surface area (Å²) in [6.45, 7) is 12.2. The summed E-state index contributed by atoms with van der Waals surface area (Å²) in [5, 5.41) is 7.76. The predicted molar refractivity (Wildman–Crippen MR) is 102 cm³/mol. The number of hydrogen-bond donors (Lipinski definition) is 1. The summed E-state index contributed by atoms with van der Waals surface area (Å²) in [7, 11) is 0. The summed E-state index contributed by atoms with van der Waals surface area (Å²) >= 11 is 0. The van der Waals surface area contributed by atoms with Crippen LogP contribution < -0.4 is 0 Å². The fourth-order valence-corrected chi connectivity index (χ4v) is 4.23. The number of piperidine rings is 1. The van der Waals surface area contributed by atoms with E-state index in [-0.39, 0.29) is 5.60 Å². The quantitative estimate of drug-likeness (QED) is 0.821. The molecule has 0 saturated carbocycles. The number of nitrogens with one attached hydrogen (secondary N) is 1. The summed E-state index contributed by atoms with van der Waals surface area (Å²) in [5.74, 6) is 1.09. The molecule has 2 aliphatic rings. The van der Waals surface area contributed by atoms with Crippen LogP contribution in [0.5, 0.6) is 0 Å². The van der Waals surface area contributed by atoms with E-state index in [1.165, 1.54) is 11.4 Å². The number of aryl methyl sites for hydroxylation is 2. The number of imidazole rings is 1. The average molecular weight is 374 g/mol. The van der Waals surface area contributed by atoms with Crippen LogP contribution >= 0.6 is 0 Å². The van der Waals surface area contributed by atoms with Gasteiger partial charge in [0, 0.05) is 57.9 Å². The van der Waals surface area contributed by atoms with Crippen molar-refractivity contribution in [1.82, 2.24) is 34.5 Å². The zero-order chi connectivity index (χ0) is 18.7. The summed E-state index contributed by atoms with van der Waals surface area (Å²) in [4.78, 5) is 13.2. The molecular weight excluding hydrogens is 342 g/mol. The van der Waals surface area contributed by atoms with Gasteiger partial charge in [0.1, 0.15) is 18.5 Å². The minimum atomic E-state index is 0.0249. The van der Waals surface area contributed by atoms with Gasteiger partial charge in [-0.1, -0.05) is 6.92 Å². The number of morpholine rings is 1. The highest BCUT2D eigenvalue weighted by Gasteiger charge is 2.39. The Balaban J connectivity index is 1.28. The van der Waals surface area contributed by atoms with Crippen molar-refractivity contribution in [1.29, 1.82) is 0 Å². The Bertz CT molecular complexity index is 719. The van der Waals surface area contributed by atoms with E-state index in [2.05, 4.69) is 38.8 Å². The SMILES string of the molecule is CCc1nc(CN2CCC3(CC2)CN(CCn2cnnc2)CCO3)c(C)[nH]1. The van der Waals surface area contributed by atoms with Gasteiger partial charge in [-0.15, -0.1) is 10.2 Å². The number of likely N-dealkylation sites (tertiary alicyclic amines) is 1. The number of aromatic nitrogens is 5. The van der Waals surface area contributed by atoms with Gasteiger partial charge in [-0.3, -0.25) is 9.80 Å². The van der Waals surface area contributed by atoms with Gasteiger partial charge in [0.2, 0.25) is 0 Å². The maximum atomic E-state index is 6.30. The lowest BCUT2D eigenvalue weighted by Gasteiger charge is -2.47. The van der Waals surface area contributed by atoms with Crippen molar-refractivity contribution in [2.75, 3.05) is 39.3 Å². The maximum Gasteiger partial charge on any atom is 0.119 e. The van der Waals surface area contributed by atoms with E-state index in [1.54, 1.807) is 12.7 Å². The van der Waals surface area contributed by atoms with Crippen molar-refractivity contribution in [3.8, 4) is 0 Å². The molecule has 2 aliphatic heterocycles. The highest BCUT2D eigenvalue weighted by molar-refractivity contribution is 5.13. The topological polar surface area (TPSA) is 75.1 Å². The molecule has 0 radical (unpaired) electrons. The highest BCUT2D eigenvalue weighted by Crippen LogP contribution is 2.30. The molecule has 1 N–H and O–H groups in total. The first kappa shape index (κ1) is 18.6. The Morgan fingerprint density at radius 1 is 1.11 bits per heavy atom. The molecule has 8 heteroatoms. The van der Waals surface area contributed by atoms with E-state index in [1.807, 2.05) is 4.57 Å². The Kier molecular flexibility index (Phi) is 5.56. The van der Waals surface area contributed by atoms with E-state index in [4.69, 9.17) is 9.72 Å². The molecule has 148 valence electrons. The lowest BCUT2D eigenvalue weighted by Crippen LogP contribution is -2.57. The summed E-state index contributed by atoms with van der Waals surface area (Å²) in [6, 6.07) is 0. The monoisotopic (exact) mass is 373 g/mol. The molecule has 2 fully saturated rings. The number of nitrogens with zero attached hydrogens (tertiary/aromatic N) is 6. The second kappa shape index (κ2) is 8.08. The highest BCUT2D eigenvalue weighted by atomic mass is 16.5. The average Bonchev–Trinajstić information content (AvgIpc) is 3.32. The van der Waals surface area contributed by atoms with Crippen LogP contribution in [-0.4, -0.2) is 79.5 Å². The predicted octanol–water partition coefficient (Wildman–Crippen LogP) is 1.24. The van der Waals surface area contributed by atoms with Crippen LogP contribution in [0.2, 0.25) is 0 Å². The fraction of sp³-hybridized carbons (Fsp3) is 0.737. The first-order valence-electron chi connectivity index (χ1n) is 10.1. The molecule has 0 aromatic carbocycles. The van der Waals surface area contributed by atoms with Crippen molar-refractivity contribution in [2.24, 2.45) is 0 Å². The van der Waals surface area contributed by atoms with Crippen molar-refractivity contribution >= 4 is 0 Å². The Hall–Kier alpha value is -1.77. The minimum absolute atomic E-state index is 0.0249. The molecule has 4 rings (SSSR count). The first-order valence-corrected chi connectivity index (χ1v) is 10.1. The third-order valence-electron chi connectivity index (χ3n) is 5.98. The lowest BCUT2D eigenvalue weighted by atomic mass is 9.89. The Labute approximate surface area is 160 Å². The number of rotatable bonds is 6. The Morgan fingerprint density at radius 3 is 2.59 bits per heavy atom. The molecule has 0 bridgehead atoms. The molecule has 4 heterocycles. The zero-order valence-corrected chi connectivity index (χ0v) is 16.5. The van der Waals surface area contributed by atoms with Gasteiger partial charge in [-0.25, -0.2) is 4.98 Å². The van der Waals surface area contributed by atoms with Crippen molar-refractivity contribution in [3.63, 3.8) is 0 Å².